The summed E-state index contributed by atoms with van der Waals surface area (Å²) in [6.45, 7) is 4.28. The molecule has 158 valence electrons. The maximum atomic E-state index is 10.6. The monoisotopic (exact) mass is 418 g/mol. The maximum absolute atomic E-state index is 10.6. The van der Waals surface area contributed by atoms with E-state index < -0.39 is 10.8 Å². The van der Waals surface area contributed by atoms with E-state index in [1.54, 1.807) is 7.11 Å². The lowest BCUT2D eigenvalue weighted by atomic mass is 10.2. The molecule has 2 aromatic rings. The number of methoxy groups -OCH3 is 1. The van der Waals surface area contributed by atoms with Crippen LogP contribution in [0.3, 0.4) is 0 Å². The third kappa shape index (κ3) is 4.54. The van der Waals surface area contributed by atoms with Gasteiger partial charge in [0.25, 0.3) is 0 Å². The molecule has 2 heterocycles. The lowest BCUT2D eigenvalue weighted by Gasteiger charge is -2.37. The summed E-state index contributed by atoms with van der Waals surface area (Å²) in [6.07, 6.45) is 3.17. The molecule has 2 aliphatic rings. The first-order valence-corrected chi connectivity index (χ1v) is 11.7. The van der Waals surface area contributed by atoms with Crippen LogP contribution in [-0.4, -0.2) is 57.7 Å². The smallest absolute Gasteiger partial charge is 0.161 e. The van der Waals surface area contributed by atoms with Crippen LogP contribution in [0.1, 0.15) is 24.8 Å². The number of fused-ring (bicyclic) bond motifs is 1. The molecule has 0 aromatic heterocycles. The fourth-order valence-corrected chi connectivity index (χ4v) is 5.87. The molecule has 1 atom stereocenters. The van der Waals surface area contributed by atoms with E-state index in [1.165, 1.54) is 0 Å². The molecule has 2 aliphatic heterocycles. The lowest BCUT2D eigenvalue weighted by Crippen LogP contribution is -2.27. The number of rotatable bonds is 8. The van der Waals surface area contributed by atoms with E-state index in [4.69, 9.17) is 9.47 Å². The zero-order chi connectivity index (χ0) is 20.3. The van der Waals surface area contributed by atoms with E-state index in [9.17, 15) is 9.11 Å². The number of likely N-dealkylation sites (tertiary alicyclic amines) is 1. The van der Waals surface area contributed by atoms with Gasteiger partial charge in [0.2, 0.25) is 0 Å². The van der Waals surface area contributed by atoms with Crippen molar-refractivity contribution in [2.75, 3.05) is 33.3 Å². The molecule has 1 saturated heterocycles. The Morgan fingerprint density at radius 3 is 2.52 bits per heavy atom. The van der Waals surface area contributed by atoms with Crippen molar-refractivity contribution in [3.63, 3.8) is 0 Å². The highest BCUT2D eigenvalue weighted by Crippen LogP contribution is 2.58. The first-order valence-electron chi connectivity index (χ1n) is 10.2. The van der Waals surface area contributed by atoms with Crippen molar-refractivity contribution >= 4 is 10.8 Å². The van der Waals surface area contributed by atoms with Gasteiger partial charge in [0.05, 0.1) is 12.0 Å². The topological polar surface area (TPSA) is 65.4 Å². The first kappa shape index (κ1) is 20.5. The summed E-state index contributed by atoms with van der Waals surface area (Å²) in [6, 6.07) is 15.4. The Hall–Kier alpha value is -1.77. The van der Waals surface area contributed by atoms with Crippen LogP contribution in [0.4, 0.5) is 0 Å². The zero-order valence-electron chi connectivity index (χ0n) is 16.9. The molecule has 0 amide bonds. The molecule has 6 nitrogen and oxygen atoms in total. The number of unbranched alkanes of at least 4 members (excludes halogenated alkanes) is 1. The summed E-state index contributed by atoms with van der Waals surface area (Å²) < 4.78 is 34.5. The van der Waals surface area contributed by atoms with Crippen molar-refractivity contribution in [3.05, 3.63) is 54.1 Å². The summed E-state index contributed by atoms with van der Waals surface area (Å²) in [5.41, 5.74) is 1.03. The number of benzene rings is 2. The van der Waals surface area contributed by atoms with E-state index >= 15 is 0 Å². The number of hydrogen-bond acceptors (Lipinski definition) is 6. The highest BCUT2D eigenvalue weighted by Gasteiger charge is 2.34. The Kier molecular flexibility index (Phi) is 6.32. The standard InChI is InChI=1S/C22H30N2O4S/c1-27-20-9-3-4-10-21(20)28-19-12-15-23(17-19)13-6-7-14-24-16-18-8-2-5-11-22(18)29(24,25)26/h2-5,8-11,19,25-26H,6-7,12-17H2,1H3. The van der Waals surface area contributed by atoms with Gasteiger partial charge in [0, 0.05) is 26.2 Å². The number of ether oxygens (including phenoxy) is 2. The summed E-state index contributed by atoms with van der Waals surface area (Å²) in [4.78, 5) is 3.12. The number of hydrogen-bond donors (Lipinski definition) is 2. The van der Waals surface area contributed by atoms with Crippen LogP contribution in [0.25, 0.3) is 0 Å². The molecular formula is C22H30N2O4S. The minimum absolute atomic E-state index is 0.186. The van der Waals surface area contributed by atoms with Crippen molar-refractivity contribution in [1.29, 1.82) is 0 Å². The van der Waals surface area contributed by atoms with Crippen molar-refractivity contribution in [2.24, 2.45) is 0 Å². The molecule has 7 heteroatoms. The predicted molar refractivity (Wildman–Crippen MR) is 116 cm³/mol. The molecule has 2 N–H and O–H groups in total. The van der Waals surface area contributed by atoms with Crippen LogP contribution in [0, 0.1) is 0 Å². The minimum Gasteiger partial charge on any atom is -0.493 e. The van der Waals surface area contributed by atoms with Gasteiger partial charge in [-0.05, 0) is 49.6 Å². The molecule has 29 heavy (non-hydrogen) atoms. The van der Waals surface area contributed by atoms with Gasteiger partial charge in [-0.3, -0.25) is 14.0 Å². The van der Waals surface area contributed by atoms with Gasteiger partial charge in [-0.1, -0.05) is 30.3 Å². The number of para-hydroxylation sites is 2. The average Bonchev–Trinajstić information content (AvgIpc) is 3.28. The van der Waals surface area contributed by atoms with E-state index in [2.05, 4.69) is 4.90 Å². The summed E-state index contributed by atoms with van der Waals surface area (Å²) >= 11 is 0. The van der Waals surface area contributed by atoms with Gasteiger partial charge in [0.15, 0.2) is 11.5 Å². The van der Waals surface area contributed by atoms with E-state index in [0.717, 1.165) is 56.0 Å². The SMILES string of the molecule is COc1ccccc1OC1CCN(CCCCN2Cc3ccccc3S2(O)O)C1. The van der Waals surface area contributed by atoms with E-state index in [-0.39, 0.29) is 6.10 Å². The molecular weight excluding hydrogens is 388 g/mol. The van der Waals surface area contributed by atoms with Crippen LogP contribution in [0.5, 0.6) is 11.5 Å². The molecule has 0 radical (unpaired) electrons. The molecule has 1 fully saturated rings. The summed E-state index contributed by atoms with van der Waals surface area (Å²) in [5, 5.41) is 0. The Morgan fingerprint density at radius 1 is 1.00 bits per heavy atom. The molecule has 1 unspecified atom stereocenters. The van der Waals surface area contributed by atoms with Crippen molar-refractivity contribution < 1.29 is 18.6 Å². The second-order valence-electron chi connectivity index (χ2n) is 7.68. The predicted octanol–water partition coefficient (Wildman–Crippen LogP) is 4.47. The Balaban J connectivity index is 1.20. The molecule has 4 rings (SSSR count). The quantitative estimate of drug-likeness (QED) is 0.617. The average molecular weight is 419 g/mol. The minimum atomic E-state index is -2.81. The molecule has 0 saturated carbocycles. The van der Waals surface area contributed by atoms with Crippen LogP contribution < -0.4 is 9.47 Å². The van der Waals surface area contributed by atoms with Gasteiger partial charge in [0.1, 0.15) is 6.10 Å². The summed E-state index contributed by atoms with van der Waals surface area (Å²) in [5.74, 6) is 1.58. The van der Waals surface area contributed by atoms with Crippen molar-refractivity contribution in [2.45, 2.75) is 36.8 Å². The van der Waals surface area contributed by atoms with Crippen molar-refractivity contribution in [1.82, 2.24) is 9.21 Å². The second kappa shape index (κ2) is 8.93. The van der Waals surface area contributed by atoms with Gasteiger partial charge in [-0.2, -0.15) is 4.31 Å². The normalized spacial score (nSPS) is 22.4. The van der Waals surface area contributed by atoms with E-state index in [1.807, 2.05) is 52.8 Å². The first-order chi connectivity index (χ1) is 14.1. The fourth-order valence-electron chi connectivity index (χ4n) is 4.14. The van der Waals surface area contributed by atoms with Gasteiger partial charge < -0.3 is 9.47 Å². The molecule has 0 bridgehead atoms. The Bertz CT molecular complexity index is 832. The molecule has 0 spiro atoms. The lowest BCUT2D eigenvalue weighted by molar-refractivity contribution is 0.191. The van der Waals surface area contributed by atoms with E-state index in [0.29, 0.717) is 18.0 Å². The summed E-state index contributed by atoms with van der Waals surface area (Å²) in [7, 11) is -1.14. The second-order valence-corrected chi connectivity index (χ2v) is 9.67. The van der Waals surface area contributed by atoms with Crippen LogP contribution in [0.2, 0.25) is 0 Å². The zero-order valence-corrected chi connectivity index (χ0v) is 17.7. The highest BCUT2D eigenvalue weighted by atomic mass is 32.3. The Labute approximate surface area is 174 Å². The molecule has 2 aromatic carbocycles. The third-order valence-corrected chi connectivity index (χ3v) is 7.72. The van der Waals surface area contributed by atoms with Gasteiger partial charge in [-0.15, -0.1) is 10.8 Å². The van der Waals surface area contributed by atoms with Crippen molar-refractivity contribution in [3.8, 4) is 11.5 Å². The van der Waals surface area contributed by atoms with Crippen LogP contribution >= 0.6 is 10.8 Å². The Morgan fingerprint density at radius 2 is 1.72 bits per heavy atom. The molecule has 0 aliphatic carbocycles. The number of nitrogens with zero attached hydrogens (tertiary/aromatic N) is 2. The fraction of sp³-hybridized carbons (Fsp3) is 0.455. The van der Waals surface area contributed by atoms with Crippen LogP contribution in [-0.2, 0) is 6.54 Å². The highest BCUT2D eigenvalue weighted by molar-refractivity contribution is 8.22. The van der Waals surface area contributed by atoms with Gasteiger partial charge in [-0.25, -0.2) is 0 Å². The largest absolute Gasteiger partial charge is 0.493 e. The third-order valence-electron chi connectivity index (χ3n) is 5.70. The maximum Gasteiger partial charge on any atom is 0.161 e. The van der Waals surface area contributed by atoms with Gasteiger partial charge >= 0.3 is 0 Å². The van der Waals surface area contributed by atoms with Crippen LogP contribution in [0.15, 0.2) is 53.4 Å².